The molecule has 26 heavy (non-hydrogen) atoms. The fourth-order valence-corrected chi connectivity index (χ4v) is 2.94. The lowest BCUT2D eigenvalue weighted by atomic mass is 10.1. The number of nitrogens with one attached hydrogen (secondary N) is 1. The first-order valence-electron chi connectivity index (χ1n) is 7.67. The van der Waals surface area contributed by atoms with Crippen molar-refractivity contribution in [3.05, 3.63) is 65.1 Å². The van der Waals surface area contributed by atoms with Crippen LogP contribution in [0.1, 0.15) is 0 Å². The number of nitrogens with two attached hydrogens (primary N) is 1. The number of carbonyl (C=O) groups is 1. The van der Waals surface area contributed by atoms with E-state index in [2.05, 4.69) is 55.5 Å². The van der Waals surface area contributed by atoms with Gasteiger partial charge in [-0.25, -0.2) is 4.98 Å². The van der Waals surface area contributed by atoms with Crippen molar-refractivity contribution in [3.8, 4) is 0 Å². The summed E-state index contributed by atoms with van der Waals surface area (Å²) in [6, 6.07) is 20.1. The van der Waals surface area contributed by atoms with Gasteiger partial charge in [0.1, 0.15) is 5.82 Å². The van der Waals surface area contributed by atoms with Crippen LogP contribution >= 0.6 is 15.9 Å². The van der Waals surface area contributed by atoms with Crippen LogP contribution in [-0.2, 0) is 4.79 Å². The lowest BCUT2D eigenvalue weighted by molar-refractivity contribution is -0.122. The average molecular weight is 411 g/mol. The zero-order valence-corrected chi connectivity index (χ0v) is 15.1. The minimum Gasteiger partial charge on any atom is -0.483 e. The van der Waals surface area contributed by atoms with E-state index in [0.717, 1.165) is 26.4 Å². The highest BCUT2D eigenvalue weighted by atomic mass is 79.9. The number of nitrogen functional groups attached to an aromatic ring is 1. The Hall–Kier alpha value is -3.19. The van der Waals surface area contributed by atoms with Gasteiger partial charge in [-0.15, -0.1) is 0 Å². The maximum atomic E-state index is 8.36. The van der Waals surface area contributed by atoms with E-state index >= 15 is 0 Å². The van der Waals surface area contributed by atoms with E-state index < -0.39 is 0 Å². The van der Waals surface area contributed by atoms with Crippen molar-refractivity contribution in [2.24, 2.45) is 0 Å². The molecule has 0 bridgehead atoms. The van der Waals surface area contributed by atoms with E-state index in [1.807, 2.05) is 36.4 Å². The molecule has 4 N–H and O–H groups in total. The third-order valence-corrected chi connectivity index (χ3v) is 4.19. The van der Waals surface area contributed by atoms with Crippen LogP contribution in [0.3, 0.4) is 0 Å². The van der Waals surface area contributed by atoms with E-state index in [0.29, 0.717) is 11.8 Å². The zero-order valence-electron chi connectivity index (χ0n) is 13.6. The predicted molar refractivity (Wildman–Crippen MR) is 108 cm³/mol. The molecule has 0 saturated heterocycles. The fourth-order valence-electron chi connectivity index (χ4n) is 2.58. The minimum absolute atomic E-state index is 0.250. The largest absolute Gasteiger partial charge is 0.483 e. The number of anilines is 3. The zero-order chi connectivity index (χ0) is 18.5. The van der Waals surface area contributed by atoms with Crippen molar-refractivity contribution in [3.63, 3.8) is 0 Å². The number of hydrogen-bond acceptors (Lipinski definition) is 5. The number of carboxylic acid groups (broad SMARTS) is 1. The molecule has 0 aliphatic rings. The van der Waals surface area contributed by atoms with Crippen LogP contribution in [0.4, 0.5) is 17.5 Å². The first kappa shape index (κ1) is 17.6. The molecule has 0 unspecified atom stereocenters. The standard InChI is InChI=1S/C18H13BrN4.CH2O2/c19-13-6-8-16-15(10-13)17(20)23-18(22-16)21-14-7-5-11-3-1-2-4-12(11)9-14;2-1-3/h1-10H,(H3,20,21,22,23);1H,(H,2,3). The summed E-state index contributed by atoms with van der Waals surface area (Å²) in [6.45, 7) is -0.250. The number of fused-ring (bicyclic) bond motifs is 2. The first-order chi connectivity index (χ1) is 12.6. The Morgan fingerprint density at radius 1 is 1.00 bits per heavy atom. The quantitative estimate of drug-likeness (QED) is 0.418. The van der Waals surface area contributed by atoms with Crippen LogP contribution in [0.2, 0.25) is 0 Å². The number of aromatic nitrogens is 2. The van der Waals surface area contributed by atoms with E-state index in [-0.39, 0.29) is 6.47 Å². The second-order valence-corrected chi connectivity index (χ2v) is 6.30. The van der Waals surface area contributed by atoms with Crippen molar-refractivity contribution in [1.29, 1.82) is 0 Å². The maximum absolute atomic E-state index is 8.36. The second kappa shape index (κ2) is 7.79. The summed E-state index contributed by atoms with van der Waals surface area (Å²) in [4.78, 5) is 17.2. The Balaban J connectivity index is 0.000000613. The van der Waals surface area contributed by atoms with Crippen LogP contribution in [0.25, 0.3) is 21.7 Å². The molecule has 0 radical (unpaired) electrons. The van der Waals surface area contributed by atoms with Gasteiger partial charge >= 0.3 is 0 Å². The van der Waals surface area contributed by atoms with Crippen LogP contribution in [0.15, 0.2) is 65.1 Å². The number of nitrogens with zero attached hydrogens (tertiary/aromatic N) is 2. The number of halogens is 1. The van der Waals surface area contributed by atoms with Gasteiger partial charge in [-0.1, -0.05) is 46.3 Å². The summed E-state index contributed by atoms with van der Waals surface area (Å²) in [5.41, 5.74) is 7.80. The number of hydrogen-bond donors (Lipinski definition) is 3. The summed E-state index contributed by atoms with van der Waals surface area (Å²) in [5.74, 6) is 0.951. The van der Waals surface area contributed by atoms with Crippen LogP contribution in [-0.4, -0.2) is 21.5 Å². The minimum atomic E-state index is -0.250. The van der Waals surface area contributed by atoms with E-state index in [9.17, 15) is 0 Å². The van der Waals surface area contributed by atoms with Crippen molar-refractivity contribution < 1.29 is 9.90 Å². The van der Waals surface area contributed by atoms with Gasteiger partial charge in [0.15, 0.2) is 0 Å². The van der Waals surface area contributed by atoms with Crippen LogP contribution in [0.5, 0.6) is 0 Å². The molecular weight excluding hydrogens is 396 g/mol. The Labute approximate surface area is 157 Å². The molecule has 4 aromatic rings. The highest BCUT2D eigenvalue weighted by molar-refractivity contribution is 9.10. The molecule has 0 aliphatic heterocycles. The molecular formula is C19H15BrN4O2. The van der Waals surface area contributed by atoms with Gasteiger partial charge in [-0.2, -0.15) is 4.98 Å². The third-order valence-electron chi connectivity index (χ3n) is 3.69. The monoisotopic (exact) mass is 410 g/mol. The van der Waals surface area contributed by atoms with Gasteiger partial charge < -0.3 is 16.2 Å². The Morgan fingerprint density at radius 3 is 2.50 bits per heavy atom. The molecule has 1 heterocycles. The molecule has 4 rings (SSSR count). The summed E-state index contributed by atoms with van der Waals surface area (Å²) in [7, 11) is 0. The topological polar surface area (TPSA) is 101 Å². The van der Waals surface area contributed by atoms with Gasteiger partial charge in [0.2, 0.25) is 5.95 Å². The van der Waals surface area contributed by atoms with E-state index in [1.165, 1.54) is 5.39 Å². The predicted octanol–water partition coefficient (Wildman–Crippen LogP) is 4.57. The Bertz CT molecular complexity index is 1090. The summed E-state index contributed by atoms with van der Waals surface area (Å²) in [5, 5.41) is 13.3. The smallest absolute Gasteiger partial charge is 0.290 e. The second-order valence-electron chi connectivity index (χ2n) is 5.39. The number of rotatable bonds is 2. The molecule has 0 saturated carbocycles. The van der Waals surface area contributed by atoms with Crippen LogP contribution < -0.4 is 11.1 Å². The van der Waals surface area contributed by atoms with Crippen LogP contribution in [0, 0.1) is 0 Å². The fraction of sp³-hybridized carbons (Fsp3) is 0. The van der Waals surface area contributed by atoms with E-state index in [4.69, 9.17) is 15.6 Å². The molecule has 6 nitrogen and oxygen atoms in total. The highest BCUT2D eigenvalue weighted by Gasteiger charge is 2.06. The first-order valence-corrected chi connectivity index (χ1v) is 8.46. The molecule has 7 heteroatoms. The van der Waals surface area contributed by atoms with Gasteiger partial charge in [0, 0.05) is 15.5 Å². The molecule has 130 valence electrons. The van der Waals surface area contributed by atoms with Crippen molar-refractivity contribution in [1.82, 2.24) is 9.97 Å². The molecule has 0 fully saturated rings. The summed E-state index contributed by atoms with van der Waals surface area (Å²) < 4.78 is 0.954. The molecule has 1 aromatic heterocycles. The lowest BCUT2D eigenvalue weighted by Gasteiger charge is -2.09. The molecule has 0 atom stereocenters. The van der Waals surface area contributed by atoms with Gasteiger partial charge in [-0.3, -0.25) is 4.79 Å². The van der Waals surface area contributed by atoms with Crippen molar-refractivity contribution in [2.45, 2.75) is 0 Å². The van der Waals surface area contributed by atoms with Gasteiger partial charge in [-0.05, 0) is 41.1 Å². The SMILES string of the molecule is Nc1nc(Nc2ccc3ccccc3c2)nc2ccc(Br)cc12.O=CO. The maximum Gasteiger partial charge on any atom is 0.290 e. The summed E-state index contributed by atoms with van der Waals surface area (Å²) >= 11 is 3.44. The lowest BCUT2D eigenvalue weighted by Crippen LogP contribution is -2.01. The van der Waals surface area contributed by atoms with Crippen molar-refractivity contribution >= 4 is 61.5 Å². The molecule has 0 spiro atoms. The van der Waals surface area contributed by atoms with E-state index in [1.54, 1.807) is 0 Å². The molecule has 0 amide bonds. The summed E-state index contributed by atoms with van der Waals surface area (Å²) in [6.07, 6.45) is 0. The Kier molecular flexibility index (Phi) is 5.28. The normalized spacial score (nSPS) is 10.2. The highest BCUT2D eigenvalue weighted by Crippen LogP contribution is 2.26. The van der Waals surface area contributed by atoms with Gasteiger partial charge in [0.25, 0.3) is 6.47 Å². The molecule has 0 aliphatic carbocycles. The number of benzene rings is 3. The van der Waals surface area contributed by atoms with Gasteiger partial charge in [0.05, 0.1) is 5.52 Å². The van der Waals surface area contributed by atoms with Crippen molar-refractivity contribution in [2.75, 3.05) is 11.1 Å². The Morgan fingerprint density at radius 2 is 1.73 bits per heavy atom. The third kappa shape index (κ3) is 3.89. The molecule has 3 aromatic carbocycles. The average Bonchev–Trinajstić information content (AvgIpc) is 2.63.